The van der Waals surface area contributed by atoms with E-state index >= 15 is 0 Å². The Bertz CT molecular complexity index is 910. The van der Waals surface area contributed by atoms with Gasteiger partial charge in [-0.3, -0.25) is 9.59 Å². The minimum absolute atomic E-state index is 0.0124. The average Bonchev–Trinajstić information content (AvgIpc) is 3.17. The smallest absolute Gasteiger partial charge is 0.310 e. The van der Waals surface area contributed by atoms with Crippen LogP contribution in [0, 0.1) is 0 Å². The van der Waals surface area contributed by atoms with Gasteiger partial charge in [0.05, 0.1) is 19.6 Å². The van der Waals surface area contributed by atoms with Crippen molar-refractivity contribution >= 4 is 27.7 Å². The molecule has 29 heavy (non-hydrogen) atoms. The number of Topliss-reactive ketones (excluding diaryl/α,β-unsaturated/α-hetero) is 1. The molecule has 0 aliphatic carbocycles. The van der Waals surface area contributed by atoms with E-state index in [2.05, 4.69) is 15.9 Å². The topological polar surface area (TPSA) is 80.3 Å². The average molecular weight is 465 g/mol. The molecule has 0 N–H and O–H groups in total. The molecule has 7 nitrogen and oxygen atoms in total. The molecule has 3 rings (SSSR count). The van der Waals surface area contributed by atoms with Crippen LogP contribution in [-0.2, 0) is 16.0 Å². The zero-order valence-electron chi connectivity index (χ0n) is 16.2. The highest BCUT2D eigenvalue weighted by atomic mass is 79.9. The lowest BCUT2D eigenvalue weighted by molar-refractivity contribution is -0.141. The summed E-state index contributed by atoms with van der Waals surface area (Å²) in [5, 5.41) is 0. The third kappa shape index (κ3) is 5.20. The van der Waals surface area contributed by atoms with Crippen LogP contribution < -0.4 is 18.9 Å². The molecule has 2 aromatic rings. The first-order valence-corrected chi connectivity index (χ1v) is 9.97. The van der Waals surface area contributed by atoms with Crippen molar-refractivity contribution < 1.29 is 33.3 Å². The second-order valence-corrected chi connectivity index (χ2v) is 6.94. The Hall–Kier alpha value is -2.74. The van der Waals surface area contributed by atoms with Gasteiger partial charge in [-0.15, -0.1) is 0 Å². The van der Waals surface area contributed by atoms with Crippen LogP contribution in [0.5, 0.6) is 23.0 Å². The molecule has 0 bridgehead atoms. The van der Waals surface area contributed by atoms with E-state index in [1.807, 2.05) is 13.8 Å². The Labute approximate surface area is 177 Å². The number of ether oxygens (including phenoxy) is 5. The highest BCUT2D eigenvalue weighted by molar-refractivity contribution is 9.10. The van der Waals surface area contributed by atoms with Crippen molar-refractivity contribution in [3.63, 3.8) is 0 Å². The van der Waals surface area contributed by atoms with Crippen LogP contribution in [0.25, 0.3) is 0 Å². The van der Waals surface area contributed by atoms with Gasteiger partial charge in [0.2, 0.25) is 6.79 Å². The normalized spacial score (nSPS) is 11.8. The van der Waals surface area contributed by atoms with Crippen LogP contribution in [-0.4, -0.2) is 38.4 Å². The molecule has 0 saturated carbocycles. The number of carbonyl (C=O) groups excluding carboxylic acids is 2. The van der Waals surface area contributed by atoms with Crippen molar-refractivity contribution in [1.29, 1.82) is 0 Å². The zero-order valence-corrected chi connectivity index (χ0v) is 17.7. The summed E-state index contributed by atoms with van der Waals surface area (Å²) in [6, 6.07) is 8.34. The van der Waals surface area contributed by atoms with E-state index in [1.54, 1.807) is 30.3 Å². The SMILES string of the molecule is CCOc1cc(Br)c(CC(=O)OCC(=O)c2ccc3c(c2)OCO3)cc1OCC. The molecule has 1 aliphatic rings. The first-order chi connectivity index (χ1) is 14.0. The fourth-order valence-corrected chi connectivity index (χ4v) is 3.22. The monoisotopic (exact) mass is 464 g/mol. The number of halogens is 1. The third-order valence-corrected chi connectivity index (χ3v) is 4.84. The number of hydrogen-bond donors (Lipinski definition) is 0. The van der Waals surface area contributed by atoms with Gasteiger partial charge in [0, 0.05) is 10.0 Å². The summed E-state index contributed by atoms with van der Waals surface area (Å²) in [5.41, 5.74) is 1.07. The van der Waals surface area contributed by atoms with Crippen molar-refractivity contribution in [2.24, 2.45) is 0 Å². The van der Waals surface area contributed by atoms with Crippen molar-refractivity contribution in [2.75, 3.05) is 26.6 Å². The van der Waals surface area contributed by atoms with Crippen LogP contribution in [0.1, 0.15) is 29.8 Å². The number of ketones is 1. The molecule has 0 unspecified atom stereocenters. The van der Waals surface area contributed by atoms with Gasteiger partial charge >= 0.3 is 5.97 Å². The van der Waals surface area contributed by atoms with Gasteiger partial charge in [-0.25, -0.2) is 0 Å². The Morgan fingerprint density at radius 1 is 1.00 bits per heavy atom. The molecule has 0 spiro atoms. The maximum Gasteiger partial charge on any atom is 0.310 e. The Morgan fingerprint density at radius 2 is 1.69 bits per heavy atom. The molecule has 8 heteroatoms. The highest BCUT2D eigenvalue weighted by Crippen LogP contribution is 2.34. The number of carbonyl (C=O) groups is 2. The number of hydrogen-bond acceptors (Lipinski definition) is 7. The molecule has 1 heterocycles. The lowest BCUT2D eigenvalue weighted by atomic mass is 10.1. The van der Waals surface area contributed by atoms with Gasteiger partial charge in [-0.1, -0.05) is 15.9 Å². The lowest BCUT2D eigenvalue weighted by Gasteiger charge is -2.14. The van der Waals surface area contributed by atoms with Gasteiger partial charge in [-0.05, 0) is 49.7 Å². The summed E-state index contributed by atoms with van der Waals surface area (Å²) in [7, 11) is 0. The van der Waals surface area contributed by atoms with Gasteiger partial charge in [0.1, 0.15) is 0 Å². The van der Waals surface area contributed by atoms with Crippen LogP contribution in [0.4, 0.5) is 0 Å². The molecule has 0 atom stereocenters. The summed E-state index contributed by atoms with van der Waals surface area (Å²) in [5.74, 6) is 1.39. The van der Waals surface area contributed by atoms with Crippen LogP contribution in [0.15, 0.2) is 34.8 Å². The molecule has 0 radical (unpaired) electrons. The minimum Gasteiger partial charge on any atom is -0.490 e. The standard InChI is InChI=1S/C21H21BrO7/c1-3-25-19-8-14(15(22)10-20(19)26-4-2)9-21(24)27-11-16(23)13-5-6-17-18(7-13)29-12-28-17/h5-8,10H,3-4,9,11-12H2,1-2H3. The van der Waals surface area contributed by atoms with Gasteiger partial charge < -0.3 is 23.7 Å². The van der Waals surface area contributed by atoms with E-state index < -0.39 is 5.97 Å². The Balaban J connectivity index is 1.61. The lowest BCUT2D eigenvalue weighted by Crippen LogP contribution is -2.16. The molecular weight excluding hydrogens is 444 g/mol. The van der Waals surface area contributed by atoms with Crippen molar-refractivity contribution in [3.8, 4) is 23.0 Å². The van der Waals surface area contributed by atoms with Gasteiger partial charge in [0.15, 0.2) is 35.4 Å². The fourth-order valence-electron chi connectivity index (χ4n) is 2.76. The molecule has 0 aromatic heterocycles. The number of rotatable bonds is 9. The van der Waals surface area contributed by atoms with Crippen molar-refractivity contribution in [3.05, 3.63) is 45.9 Å². The van der Waals surface area contributed by atoms with Crippen LogP contribution in [0.3, 0.4) is 0 Å². The maximum absolute atomic E-state index is 12.3. The van der Waals surface area contributed by atoms with E-state index in [0.717, 1.165) is 0 Å². The summed E-state index contributed by atoms with van der Waals surface area (Å²) >= 11 is 3.44. The van der Waals surface area contributed by atoms with E-state index in [4.69, 9.17) is 23.7 Å². The second kappa shape index (κ2) is 9.65. The number of esters is 1. The quantitative estimate of drug-likeness (QED) is 0.410. The van der Waals surface area contributed by atoms with E-state index in [0.29, 0.717) is 51.8 Å². The molecule has 1 aliphatic heterocycles. The maximum atomic E-state index is 12.3. The van der Waals surface area contributed by atoms with E-state index in [1.165, 1.54) is 0 Å². The van der Waals surface area contributed by atoms with Crippen molar-refractivity contribution in [1.82, 2.24) is 0 Å². The molecular formula is C21H21BrO7. The second-order valence-electron chi connectivity index (χ2n) is 6.09. The minimum atomic E-state index is -0.522. The molecule has 0 amide bonds. The van der Waals surface area contributed by atoms with Crippen LogP contribution in [0.2, 0.25) is 0 Å². The number of benzene rings is 2. The fraction of sp³-hybridized carbons (Fsp3) is 0.333. The molecule has 0 fully saturated rings. The third-order valence-electron chi connectivity index (χ3n) is 4.11. The Kier molecular flexibility index (Phi) is 6.98. The summed E-state index contributed by atoms with van der Waals surface area (Å²) in [6.07, 6.45) is -0.0124. The summed E-state index contributed by atoms with van der Waals surface area (Å²) < 4.78 is 27.5. The number of fused-ring (bicyclic) bond motifs is 1. The molecule has 0 saturated heterocycles. The molecule has 154 valence electrons. The first-order valence-electron chi connectivity index (χ1n) is 9.18. The predicted molar refractivity (Wildman–Crippen MR) is 108 cm³/mol. The van der Waals surface area contributed by atoms with E-state index in [-0.39, 0.29) is 25.6 Å². The summed E-state index contributed by atoms with van der Waals surface area (Å²) in [6.45, 7) is 4.49. The van der Waals surface area contributed by atoms with E-state index in [9.17, 15) is 9.59 Å². The van der Waals surface area contributed by atoms with Crippen molar-refractivity contribution in [2.45, 2.75) is 20.3 Å². The largest absolute Gasteiger partial charge is 0.490 e. The first kappa shape index (κ1) is 21.0. The zero-order chi connectivity index (χ0) is 20.8. The van der Waals surface area contributed by atoms with Gasteiger partial charge in [0.25, 0.3) is 0 Å². The Morgan fingerprint density at radius 3 is 2.41 bits per heavy atom. The predicted octanol–water partition coefficient (Wildman–Crippen LogP) is 3.94. The van der Waals surface area contributed by atoms with Crippen LogP contribution >= 0.6 is 15.9 Å². The van der Waals surface area contributed by atoms with Gasteiger partial charge in [-0.2, -0.15) is 0 Å². The summed E-state index contributed by atoms with van der Waals surface area (Å²) in [4.78, 5) is 24.6. The highest BCUT2D eigenvalue weighted by Gasteiger charge is 2.18. The molecule has 2 aromatic carbocycles.